The molecule has 1 fully saturated rings. The van der Waals surface area contributed by atoms with Crippen LogP contribution in [0, 0.1) is 20.8 Å². The van der Waals surface area contributed by atoms with Crippen LogP contribution in [-0.2, 0) is 6.54 Å². The summed E-state index contributed by atoms with van der Waals surface area (Å²) in [5.74, 6) is 0. The van der Waals surface area contributed by atoms with Gasteiger partial charge in [0.15, 0.2) is 0 Å². The lowest BCUT2D eigenvalue weighted by molar-refractivity contribution is 0.249. The molecule has 0 radical (unpaired) electrons. The number of aromatic nitrogens is 2. The predicted octanol–water partition coefficient (Wildman–Crippen LogP) is 2.66. The van der Waals surface area contributed by atoms with Crippen molar-refractivity contribution < 1.29 is 0 Å². The molecule has 4 heteroatoms. The summed E-state index contributed by atoms with van der Waals surface area (Å²) in [6.07, 6.45) is 0. The fourth-order valence-corrected chi connectivity index (χ4v) is 3.09. The fraction of sp³-hybridized carbons (Fsp3) is 0.471. The first-order valence-corrected chi connectivity index (χ1v) is 7.68. The Labute approximate surface area is 126 Å². The molecule has 112 valence electrons. The molecule has 0 amide bonds. The Morgan fingerprint density at radius 1 is 1.00 bits per heavy atom. The number of H-pyrrole nitrogens is 1. The molecule has 1 saturated heterocycles. The van der Waals surface area contributed by atoms with Crippen molar-refractivity contribution in [2.75, 3.05) is 31.1 Å². The number of anilines is 1. The number of rotatable bonds is 3. The molecule has 1 aromatic heterocycles. The Morgan fingerprint density at radius 3 is 2.24 bits per heavy atom. The Bertz CT molecular complexity index is 572. The second-order valence-electron chi connectivity index (χ2n) is 6.03. The van der Waals surface area contributed by atoms with Crippen molar-refractivity contribution in [3.05, 3.63) is 46.8 Å². The van der Waals surface area contributed by atoms with Crippen molar-refractivity contribution in [3.8, 4) is 0 Å². The second kappa shape index (κ2) is 5.90. The highest BCUT2D eigenvalue weighted by Gasteiger charge is 2.21. The van der Waals surface area contributed by atoms with E-state index >= 15 is 0 Å². The van der Waals surface area contributed by atoms with Crippen LogP contribution in [0.1, 0.15) is 22.5 Å². The van der Waals surface area contributed by atoms with Gasteiger partial charge in [0.25, 0.3) is 0 Å². The van der Waals surface area contributed by atoms with Gasteiger partial charge in [-0.15, -0.1) is 0 Å². The van der Waals surface area contributed by atoms with Gasteiger partial charge in [-0.3, -0.25) is 10.00 Å². The van der Waals surface area contributed by atoms with Crippen LogP contribution in [0.25, 0.3) is 0 Å². The first kappa shape index (κ1) is 14.1. The molecule has 0 bridgehead atoms. The third-order valence-electron chi connectivity index (χ3n) is 4.30. The number of benzene rings is 1. The summed E-state index contributed by atoms with van der Waals surface area (Å²) in [5, 5.41) is 7.39. The van der Waals surface area contributed by atoms with E-state index in [0.29, 0.717) is 0 Å². The Balaban J connectivity index is 1.59. The number of hydrogen-bond acceptors (Lipinski definition) is 3. The SMILES string of the molecule is Cc1ccc(CN2CCN(c3c(C)n[nH]c3C)CC2)cc1. The van der Waals surface area contributed by atoms with Crippen LogP contribution in [0.3, 0.4) is 0 Å². The zero-order valence-corrected chi connectivity index (χ0v) is 13.2. The third kappa shape index (κ3) is 3.10. The quantitative estimate of drug-likeness (QED) is 0.941. The van der Waals surface area contributed by atoms with Crippen LogP contribution in [0.5, 0.6) is 0 Å². The number of nitrogens with one attached hydrogen (secondary N) is 1. The highest BCUT2D eigenvalue weighted by atomic mass is 15.3. The molecular weight excluding hydrogens is 260 g/mol. The van der Waals surface area contributed by atoms with Gasteiger partial charge in [0.05, 0.1) is 17.1 Å². The normalized spacial score (nSPS) is 16.4. The number of aryl methyl sites for hydroxylation is 3. The summed E-state index contributed by atoms with van der Waals surface area (Å²) in [5.41, 5.74) is 6.32. The molecule has 1 aliphatic rings. The van der Waals surface area contributed by atoms with E-state index in [9.17, 15) is 0 Å². The van der Waals surface area contributed by atoms with E-state index in [-0.39, 0.29) is 0 Å². The van der Waals surface area contributed by atoms with Gasteiger partial charge < -0.3 is 4.90 Å². The number of nitrogens with zero attached hydrogens (tertiary/aromatic N) is 3. The number of piperazine rings is 1. The van der Waals surface area contributed by atoms with Gasteiger partial charge in [-0.25, -0.2) is 0 Å². The van der Waals surface area contributed by atoms with Crippen LogP contribution in [0.15, 0.2) is 24.3 Å². The fourth-order valence-electron chi connectivity index (χ4n) is 3.09. The van der Waals surface area contributed by atoms with Crippen molar-refractivity contribution in [1.82, 2.24) is 15.1 Å². The molecule has 3 rings (SSSR count). The molecule has 2 aromatic rings. The monoisotopic (exact) mass is 284 g/mol. The van der Waals surface area contributed by atoms with E-state index in [1.807, 2.05) is 0 Å². The van der Waals surface area contributed by atoms with Gasteiger partial charge in [0, 0.05) is 32.7 Å². The molecule has 0 aliphatic carbocycles. The number of hydrogen-bond donors (Lipinski definition) is 1. The third-order valence-corrected chi connectivity index (χ3v) is 4.30. The first-order valence-electron chi connectivity index (χ1n) is 7.68. The first-order chi connectivity index (χ1) is 10.1. The van der Waals surface area contributed by atoms with Gasteiger partial charge in [-0.05, 0) is 26.3 Å². The smallest absolute Gasteiger partial charge is 0.0827 e. The molecule has 1 aliphatic heterocycles. The lowest BCUT2D eigenvalue weighted by Crippen LogP contribution is -2.46. The average Bonchev–Trinajstić information content (AvgIpc) is 2.82. The molecule has 0 saturated carbocycles. The highest BCUT2D eigenvalue weighted by molar-refractivity contribution is 5.54. The summed E-state index contributed by atoms with van der Waals surface area (Å²) >= 11 is 0. The molecule has 1 aromatic carbocycles. The molecule has 0 unspecified atom stereocenters. The van der Waals surface area contributed by atoms with E-state index in [2.05, 4.69) is 65.0 Å². The minimum absolute atomic E-state index is 1.05. The minimum Gasteiger partial charge on any atom is -0.366 e. The molecule has 2 heterocycles. The lowest BCUT2D eigenvalue weighted by Gasteiger charge is -2.36. The van der Waals surface area contributed by atoms with Crippen molar-refractivity contribution in [1.29, 1.82) is 0 Å². The molecule has 21 heavy (non-hydrogen) atoms. The molecule has 1 N–H and O–H groups in total. The van der Waals surface area contributed by atoms with Gasteiger partial charge in [0.2, 0.25) is 0 Å². The van der Waals surface area contributed by atoms with Crippen molar-refractivity contribution in [2.45, 2.75) is 27.3 Å². The van der Waals surface area contributed by atoms with Crippen LogP contribution in [0.4, 0.5) is 5.69 Å². The van der Waals surface area contributed by atoms with Gasteiger partial charge in [-0.1, -0.05) is 29.8 Å². The summed E-state index contributed by atoms with van der Waals surface area (Å²) in [7, 11) is 0. The zero-order chi connectivity index (χ0) is 14.8. The molecular formula is C17H24N4. The van der Waals surface area contributed by atoms with Crippen molar-refractivity contribution in [3.63, 3.8) is 0 Å². The Kier molecular flexibility index (Phi) is 3.97. The molecule has 0 atom stereocenters. The van der Waals surface area contributed by atoms with E-state index in [1.54, 1.807) is 0 Å². The largest absolute Gasteiger partial charge is 0.366 e. The highest BCUT2D eigenvalue weighted by Crippen LogP contribution is 2.23. The zero-order valence-electron chi connectivity index (χ0n) is 13.2. The Morgan fingerprint density at radius 2 is 1.67 bits per heavy atom. The van der Waals surface area contributed by atoms with Crippen LogP contribution < -0.4 is 4.90 Å². The summed E-state index contributed by atoms with van der Waals surface area (Å²) in [4.78, 5) is 4.99. The average molecular weight is 284 g/mol. The van der Waals surface area contributed by atoms with Gasteiger partial charge in [0.1, 0.15) is 0 Å². The van der Waals surface area contributed by atoms with E-state index < -0.39 is 0 Å². The summed E-state index contributed by atoms with van der Waals surface area (Å²) in [6, 6.07) is 8.88. The number of aromatic amines is 1. The Hall–Kier alpha value is -1.81. The predicted molar refractivity (Wildman–Crippen MR) is 86.7 cm³/mol. The maximum atomic E-state index is 4.31. The lowest BCUT2D eigenvalue weighted by atomic mass is 10.1. The summed E-state index contributed by atoms with van der Waals surface area (Å²) in [6.45, 7) is 11.7. The maximum Gasteiger partial charge on any atom is 0.0827 e. The van der Waals surface area contributed by atoms with E-state index in [1.165, 1.54) is 22.5 Å². The maximum absolute atomic E-state index is 4.31. The molecule has 0 spiro atoms. The second-order valence-corrected chi connectivity index (χ2v) is 6.03. The van der Waals surface area contributed by atoms with E-state index in [4.69, 9.17) is 0 Å². The van der Waals surface area contributed by atoms with Gasteiger partial charge in [-0.2, -0.15) is 5.10 Å². The molecule has 4 nitrogen and oxygen atoms in total. The van der Waals surface area contributed by atoms with Gasteiger partial charge >= 0.3 is 0 Å². The van der Waals surface area contributed by atoms with E-state index in [0.717, 1.165) is 38.4 Å². The van der Waals surface area contributed by atoms with Crippen LogP contribution in [-0.4, -0.2) is 41.3 Å². The minimum atomic E-state index is 1.05. The summed E-state index contributed by atoms with van der Waals surface area (Å²) < 4.78 is 0. The van der Waals surface area contributed by atoms with Crippen LogP contribution in [0.2, 0.25) is 0 Å². The van der Waals surface area contributed by atoms with Crippen molar-refractivity contribution >= 4 is 5.69 Å². The van der Waals surface area contributed by atoms with Crippen LogP contribution >= 0.6 is 0 Å². The standard InChI is InChI=1S/C17H24N4/c1-13-4-6-16(7-5-13)12-20-8-10-21(11-9-20)17-14(2)18-19-15(17)3/h4-7H,8-12H2,1-3H3,(H,18,19). The van der Waals surface area contributed by atoms with Crippen molar-refractivity contribution in [2.24, 2.45) is 0 Å². The topological polar surface area (TPSA) is 35.2 Å².